The van der Waals surface area contributed by atoms with Gasteiger partial charge >= 0.3 is 0 Å². The summed E-state index contributed by atoms with van der Waals surface area (Å²) in [7, 11) is 1.74. The number of aliphatic imine (C=N–C) groups is 1. The standard InChI is InChI=1S/C18H28N4O3/c1-3-19-17(21-14-18(8-5-9-18)10-11-25-2)20-13-15-6-4-7-16(12-15)22(23)24/h4,6-7,12H,3,5,8-11,13-14H2,1-2H3,(H2,19,20,21). The van der Waals surface area contributed by atoms with Crippen LogP contribution in [0.25, 0.3) is 0 Å². The SMILES string of the molecule is CCNC(=NCc1cccc([N+](=O)[O-])c1)NCC1(CCOC)CCC1. The third-order valence-corrected chi connectivity index (χ3v) is 4.77. The molecule has 1 saturated carbocycles. The Kier molecular flexibility index (Phi) is 7.18. The molecule has 1 aliphatic rings. The molecule has 0 amide bonds. The van der Waals surface area contributed by atoms with E-state index in [2.05, 4.69) is 15.6 Å². The summed E-state index contributed by atoms with van der Waals surface area (Å²) in [6.45, 7) is 4.85. The number of nitro groups is 1. The molecule has 0 atom stereocenters. The molecule has 0 spiro atoms. The molecular weight excluding hydrogens is 320 g/mol. The van der Waals surface area contributed by atoms with Gasteiger partial charge < -0.3 is 15.4 Å². The van der Waals surface area contributed by atoms with E-state index in [-0.39, 0.29) is 10.6 Å². The fourth-order valence-electron chi connectivity index (χ4n) is 3.06. The van der Waals surface area contributed by atoms with E-state index >= 15 is 0 Å². The zero-order valence-electron chi connectivity index (χ0n) is 15.1. The highest BCUT2D eigenvalue weighted by Crippen LogP contribution is 2.43. The number of methoxy groups -OCH3 is 1. The molecular formula is C18H28N4O3. The predicted molar refractivity (Wildman–Crippen MR) is 98.7 cm³/mol. The molecule has 1 aromatic rings. The number of ether oxygens (including phenoxy) is 1. The van der Waals surface area contributed by atoms with Crippen molar-refractivity contribution in [3.8, 4) is 0 Å². The summed E-state index contributed by atoms with van der Waals surface area (Å²) in [5, 5.41) is 17.5. The van der Waals surface area contributed by atoms with Crippen LogP contribution in [0.3, 0.4) is 0 Å². The van der Waals surface area contributed by atoms with Gasteiger partial charge in [-0.2, -0.15) is 0 Å². The van der Waals surface area contributed by atoms with Crippen molar-refractivity contribution in [2.45, 2.75) is 39.2 Å². The molecule has 1 aliphatic carbocycles. The average molecular weight is 348 g/mol. The Morgan fingerprint density at radius 3 is 2.80 bits per heavy atom. The van der Waals surface area contributed by atoms with Gasteiger partial charge in [0.25, 0.3) is 5.69 Å². The summed E-state index contributed by atoms with van der Waals surface area (Å²) >= 11 is 0. The molecule has 1 fully saturated rings. The molecule has 0 radical (unpaired) electrons. The monoisotopic (exact) mass is 348 g/mol. The van der Waals surface area contributed by atoms with Gasteiger partial charge in [-0.1, -0.05) is 18.6 Å². The maximum Gasteiger partial charge on any atom is 0.269 e. The number of nitrogens with one attached hydrogen (secondary N) is 2. The number of non-ortho nitro benzene ring substituents is 1. The first-order valence-corrected chi connectivity index (χ1v) is 8.83. The van der Waals surface area contributed by atoms with E-state index in [4.69, 9.17) is 4.74 Å². The fraction of sp³-hybridized carbons (Fsp3) is 0.611. The number of nitrogens with zero attached hydrogens (tertiary/aromatic N) is 2. The van der Waals surface area contributed by atoms with Crippen LogP contribution < -0.4 is 10.6 Å². The van der Waals surface area contributed by atoms with Crippen molar-refractivity contribution in [1.82, 2.24) is 10.6 Å². The minimum atomic E-state index is -0.382. The minimum Gasteiger partial charge on any atom is -0.385 e. The van der Waals surface area contributed by atoms with E-state index in [9.17, 15) is 10.1 Å². The Balaban J connectivity index is 1.96. The number of hydrogen-bond acceptors (Lipinski definition) is 4. The van der Waals surface area contributed by atoms with Crippen LogP contribution >= 0.6 is 0 Å². The normalized spacial score (nSPS) is 16.2. The van der Waals surface area contributed by atoms with Crippen LogP contribution in [0, 0.1) is 15.5 Å². The van der Waals surface area contributed by atoms with Crippen LogP contribution in [0.1, 0.15) is 38.2 Å². The van der Waals surface area contributed by atoms with Crippen molar-refractivity contribution >= 4 is 11.6 Å². The molecule has 0 aliphatic heterocycles. The van der Waals surface area contributed by atoms with E-state index in [0.717, 1.165) is 37.6 Å². The molecule has 2 rings (SSSR count). The highest BCUT2D eigenvalue weighted by atomic mass is 16.6. The lowest BCUT2D eigenvalue weighted by atomic mass is 9.67. The van der Waals surface area contributed by atoms with Crippen LogP contribution in [-0.2, 0) is 11.3 Å². The largest absolute Gasteiger partial charge is 0.385 e. The predicted octanol–water partition coefficient (Wildman–Crippen LogP) is 2.86. The highest BCUT2D eigenvalue weighted by Gasteiger charge is 2.36. The number of rotatable bonds is 9. The summed E-state index contributed by atoms with van der Waals surface area (Å²) < 4.78 is 5.23. The van der Waals surface area contributed by atoms with Crippen molar-refractivity contribution in [3.05, 3.63) is 39.9 Å². The average Bonchev–Trinajstić information content (AvgIpc) is 2.58. The third kappa shape index (κ3) is 5.70. The van der Waals surface area contributed by atoms with Crippen molar-refractivity contribution in [2.24, 2.45) is 10.4 Å². The molecule has 0 saturated heterocycles. The molecule has 0 aromatic heterocycles. The second-order valence-electron chi connectivity index (χ2n) is 6.57. The molecule has 0 unspecified atom stereocenters. The Morgan fingerprint density at radius 2 is 2.20 bits per heavy atom. The maximum atomic E-state index is 10.9. The summed E-state index contributed by atoms with van der Waals surface area (Å²) in [5.41, 5.74) is 1.22. The lowest BCUT2D eigenvalue weighted by Crippen LogP contribution is -2.46. The summed E-state index contributed by atoms with van der Waals surface area (Å²) in [4.78, 5) is 15.1. The van der Waals surface area contributed by atoms with Gasteiger partial charge in [-0.15, -0.1) is 0 Å². The molecule has 0 heterocycles. The smallest absolute Gasteiger partial charge is 0.269 e. The van der Waals surface area contributed by atoms with Gasteiger partial charge in [0.1, 0.15) is 0 Å². The van der Waals surface area contributed by atoms with E-state index in [0.29, 0.717) is 12.0 Å². The van der Waals surface area contributed by atoms with Crippen LogP contribution in [-0.4, -0.2) is 37.7 Å². The van der Waals surface area contributed by atoms with Gasteiger partial charge in [0.15, 0.2) is 5.96 Å². The van der Waals surface area contributed by atoms with Crippen LogP contribution in [0.2, 0.25) is 0 Å². The number of benzene rings is 1. The van der Waals surface area contributed by atoms with Crippen molar-refractivity contribution < 1.29 is 9.66 Å². The zero-order valence-corrected chi connectivity index (χ0v) is 15.1. The zero-order chi connectivity index (χ0) is 18.1. The lowest BCUT2D eigenvalue weighted by molar-refractivity contribution is -0.384. The van der Waals surface area contributed by atoms with E-state index in [1.165, 1.54) is 25.3 Å². The van der Waals surface area contributed by atoms with E-state index < -0.39 is 0 Å². The Labute approximate surface area is 149 Å². The molecule has 7 nitrogen and oxygen atoms in total. The van der Waals surface area contributed by atoms with Gasteiger partial charge in [-0.25, -0.2) is 4.99 Å². The third-order valence-electron chi connectivity index (χ3n) is 4.77. The van der Waals surface area contributed by atoms with E-state index in [1.54, 1.807) is 19.2 Å². The van der Waals surface area contributed by atoms with Crippen LogP contribution in [0.5, 0.6) is 0 Å². The number of guanidine groups is 1. The van der Waals surface area contributed by atoms with Gasteiger partial charge in [-0.05, 0) is 37.2 Å². The summed E-state index contributed by atoms with van der Waals surface area (Å²) in [6.07, 6.45) is 4.76. The fourth-order valence-corrected chi connectivity index (χ4v) is 3.06. The molecule has 0 bridgehead atoms. The molecule has 25 heavy (non-hydrogen) atoms. The number of hydrogen-bond donors (Lipinski definition) is 2. The molecule has 7 heteroatoms. The second kappa shape index (κ2) is 9.36. The maximum absolute atomic E-state index is 10.9. The highest BCUT2D eigenvalue weighted by molar-refractivity contribution is 5.79. The van der Waals surface area contributed by atoms with Gasteiger partial charge in [0.2, 0.25) is 0 Å². The Hall–Kier alpha value is -2.15. The quantitative estimate of drug-likeness (QED) is 0.310. The van der Waals surface area contributed by atoms with Crippen molar-refractivity contribution in [1.29, 1.82) is 0 Å². The Morgan fingerprint density at radius 1 is 1.40 bits per heavy atom. The summed E-state index contributed by atoms with van der Waals surface area (Å²) in [5.74, 6) is 0.748. The molecule has 2 N–H and O–H groups in total. The van der Waals surface area contributed by atoms with Gasteiger partial charge in [-0.3, -0.25) is 10.1 Å². The Bertz CT molecular complexity index is 600. The second-order valence-corrected chi connectivity index (χ2v) is 6.57. The van der Waals surface area contributed by atoms with Crippen molar-refractivity contribution in [2.75, 3.05) is 26.8 Å². The molecule has 138 valence electrons. The number of nitro benzene ring substituents is 1. The van der Waals surface area contributed by atoms with Crippen molar-refractivity contribution in [3.63, 3.8) is 0 Å². The van der Waals surface area contributed by atoms with Gasteiger partial charge in [0.05, 0.1) is 11.5 Å². The first-order chi connectivity index (χ1) is 12.1. The van der Waals surface area contributed by atoms with E-state index in [1.807, 2.05) is 13.0 Å². The molecule has 1 aromatic carbocycles. The topological polar surface area (TPSA) is 88.8 Å². The lowest BCUT2D eigenvalue weighted by Gasteiger charge is -2.42. The van der Waals surface area contributed by atoms with Crippen LogP contribution in [0.4, 0.5) is 5.69 Å². The van der Waals surface area contributed by atoms with Crippen LogP contribution in [0.15, 0.2) is 29.3 Å². The minimum absolute atomic E-state index is 0.0960. The summed E-state index contributed by atoms with van der Waals surface area (Å²) in [6, 6.07) is 6.61. The van der Waals surface area contributed by atoms with Gasteiger partial charge in [0, 0.05) is 38.9 Å². The first kappa shape index (κ1) is 19.2. The first-order valence-electron chi connectivity index (χ1n) is 8.83.